The highest BCUT2D eigenvalue weighted by atomic mass is 32.2. The van der Waals surface area contributed by atoms with Crippen LogP contribution in [0.5, 0.6) is 0 Å². The van der Waals surface area contributed by atoms with Crippen LogP contribution in [0.15, 0.2) is 23.1 Å². The molecular weight excluding hydrogens is 362 g/mol. The lowest BCUT2D eigenvalue weighted by molar-refractivity contribution is -0.891. The van der Waals surface area contributed by atoms with Crippen LogP contribution >= 0.6 is 0 Å². The highest BCUT2D eigenvalue weighted by Crippen LogP contribution is 2.22. The van der Waals surface area contributed by atoms with Crippen molar-refractivity contribution in [1.82, 2.24) is 9.21 Å². The van der Waals surface area contributed by atoms with E-state index >= 15 is 0 Å². The van der Waals surface area contributed by atoms with Crippen molar-refractivity contribution >= 4 is 15.9 Å². The molecule has 0 aliphatic carbocycles. The Hall–Kier alpha value is -1.44. The summed E-state index contributed by atoms with van der Waals surface area (Å²) in [7, 11) is -3.51. The molecule has 150 valence electrons. The van der Waals surface area contributed by atoms with E-state index in [2.05, 4.69) is 0 Å². The molecule has 2 aliphatic heterocycles. The molecule has 7 heteroatoms. The lowest BCUT2D eigenvalue weighted by Crippen LogP contribution is -3.13. The van der Waals surface area contributed by atoms with Gasteiger partial charge in [-0.25, -0.2) is 8.42 Å². The topological polar surface area (TPSA) is 62.1 Å². The van der Waals surface area contributed by atoms with Crippen molar-refractivity contribution in [3.05, 3.63) is 29.3 Å². The lowest BCUT2D eigenvalue weighted by Gasteiger charge is -2.34. The third-order valence-corrected chi connectivity index (χ3v) is 7.81. The van der Waals surface area contributed by atoms with Crippen molar-refractivity contribution in [2.75, 3.05) is 45.8 Å². The standard InChI is InChI=1S/C20H31N3O3S/c1-17-7-8-18(2)19(15-17)27(25,26)23-13-11-22(12-14-23)20(24)16-21-9-5-3-4-6-10-21/h7-8,15H,3-6,9-14,16H2,1-2H3/p+1. The van der Waals surface area contributed by atoms with E-state index in [0.29, 0.717) is 37.6 Å². The minimum Gasteiger partial charge on any atom is -0.335 e. The zero-order valence-electron chi connectivity index (χ0n) is 16.5. The normalized spacial score (nSPS) is 20.4. The molecule has 0 saturated carbocycles. The molecule has 2 saturated heterocycles. The number of benzene rings is 1. The molecule has 27 heavy (non-hydrogen) atoms. The Bertz CT molecular complexity index is 763. The molecule has 2 aliphatic rings. The van der Waals surface area contributed by atoms with Gasteiger partial charge in [-0.15, -0.1) is 0 Å². The van der Waals surface area contributed by atoms with Crippen molar-refractivity contribution in [2.24, 2.45) is 0 Å². The predicted octanol–water partition coefficient (Wildman–Crippen LogP) is 0.595. The summed E-state index contributed by atoms with van der Waals surface area (Å²) in [6.07, 6.45) is 4.94. The van der Waals surface area contributed by atoms with Crippen LogP contribution in [-0.2, 0) is 14.8 Å². The van der Waals surface area contributed by atoms with Crippen LogP contribution in [0.1, 0.15) is 36.8 Å². The van der Waals surface area contributed by atoms with Crippen molar-refractivity contribution in [3.63, 3.8) is 0 Å². The Balaban J connectivity index is 1.59. The van der Waals surface area contributed by atoms with Crippen LogP contribution in [0.2, 0.25) is 0 Å². The van der Waals surface area contributed by atoms with Gasteiger partial charge in [0.05, 0.1) is 18.0 Å². The zero-order valence-corrected chi connectivity index (χ0v) is 17.4. The number of carbonyl (C=O) groups excluding carboxylic acids is 1. The summed E-state index contributed by atoms with van der Waals surface area (Å²) in [4.78, 5) is 16.2. The number of hydrogen-bond acceptors (Lipinski definition) is 3. The lowest BCUT2D eigenvalue weighted by atomic mass is 10.2. The van der Waals surface area contributed by atoms with E-state index in [1.54, 1.807) is 6.07 Å². The average Bonchev–Trinajstić information content (AvgIpc) is 2.92. The van der Waals surface area contributed by atoms with Crippen LogP contribution in [-0.4, -0.2) is 69.3 Å². The molecular formula is C20H32N3O3S+. The number of rotatable bonds is 4. The number of amides is 1. The summed E-state index contributed by atoms with van der Waals surface area (Å²) >= 11 is 0. The second-order valence-electron chi connectivity index (χ2n) is 7.89. The molecule has 3 rings (SSSR count). The Morgan fingerprint density at radius 2 is 1.63 bits per heavy atom. The third-order valence-electron chi connectivity index (χ3n) is 5.76. The van der Waals surface area contributed by atoms with E-state index in [4.69, 9.17) is 0 Å². The first-order chi connectivity index (χ1) is 12.9. The molecule has 0 spiro atoms. The quantitative estimate of drug-likeness (QED) is 0.813. The van der Waals surface area contributed by atoms with E-state index in [1.807, 2.05) is 30.9 Å². The molecule has 2 heterocycles. The number of quaternary nitrogens is 1. The SMILES string of the molecule is Cc1ccc(C)c(S(=O)(=O)N2CCN(C(=O)C[NH+]3CCCCCC3)CC2)c1. The predicted molar refractivity (Wildman–Crippen MR) is 105 cm³/mol. The monoisotopic (exact) mass is 394 g/mol. The maximum atomic E-state index is 13.0. The summed E-state index contributed by atoms with van der Waals surface area (Å²) in [5, 5.41) is 0. The second kappa shape index (κ2) is 8.71. The first-order valence-electron chi connectivity index (χ1n) is 10.1. The van der Waals surface area contributed by atoms with Gasteiger partial charge in [0, 0.05) is 26.2 Å². The Labute approximate surface area is 163 Å². The molecule has 0 radical (unpaired) electrons. The number of aryl methyl sites for hydroxylation is 2. The molecule has 1 N–H and O–H groups in total. The van der Waals surface area contributed by atoms with Gasteiger partial charge in [0.25, 0.3) is 5.91 Å². The smallest absolute Gasteiger partial charge is 0.277 e. The molecule has 0 bridgehead atoms. The number of sulfonamides is 1. The molecule has 1 aromatic carbocycles. The minimum absolute atomic E-state index is 0.163. The highest BCUT2D eigenvalue weighted by molar-refractivity contribution is 7.89. The van der Waals surface area contributed by atoms with Gasteiger partial charge in [0.2, 0.25) is 10.0 Å². The summed E-state index contributed by atoms with van der Waals surface area (Å²) in [6, 6.07) is 5.52. The van der Waals surface area contributed by atoms with Gasteiger partial charge in [-0.05, 0) is 56.7 Å². The number of likely N-dealkylation sites (tertiary alicyclic amines) is 1. The number of piperazine rings is 1. The Morgan fingerprint density at radius 3 is 2.26 bits per heavy atom. The fraction of sp³-hybridized carbons (Fsp3) is 0.650. The first-order valence-corrected chi connectivity index (χ1v) is 11.5. The van der Waals surface area contributed by atoms with Gasteiger partial charge < -0.3 is 9.80 Å². The van der Waals surface area contributed by atoms with E-state index in [0.717, 1.165) is 24.2 Å². The van der Waals surface area contributed by atoms with Gasteiger partial charge in [-0.3, -0.25) is 4.79 Å². The average molecular weight is 395 g/mol. The third kappa shape index (κ3) is 4.89. The summed E-state index contributed by atoms with van der Waals surface area (Å²) in [5.74, 6) is 0.163. The molecule has 2 fully saturated rings. The van der Waals surface area contributed by atoms with Crippen LogP contribution in [0, 0.1) is 13.8 Å². The van der Waals surface area contributed by atoms with E-state index in [1.165, 1.54) is 34.9 Å². The van der Waals surface area contributed by atoms with Gasteiger partial charge in [-0.1, -0.05) is 12.1 Å². The second-order valence-corrected chi connectivity index (χ2v) is 9.80. The fourth-order valence-corrected chi connectivity index (χ4v) is 5.77. The number of carbonyl (C=O) groups is 1. The molecule has 1 amide bonds. The minimum atomic E-state index is -3.51. The van der Waals surface area contributed by atoms with Crippen LogP contribution in [0.3, 0.4) is 0 Å². The zero-order chi connectivity index (χ0) is 19.4. The molecule has 0 atom stereocenters. The van der Waals surface area contributed by atoms with Crippen molar-refractivity contribution in [2.45, 2.75) is 44.4 Å². The highest BCUT2D eigenvalue weighted by Gasteiger charge is 2.32. The van der Waals surface area contributed by atoms with E-state index in [9.17, 15) is 13.2 Å². The van der Waals surface area contributed by atoms with Gasteiger partial charge >= 0.3 is 0 Å². The maximum absolute atomic E-state index is 13.0. The summed E-state index contributed by atoms with van der Waals surface area (Å²) in [5.41, 5.74) is 1.71. The van der Waals surface area contributed by atoms with Crippen LogP contribution < -0.4 is 4.90 Å². The van der Waals surface area contributed by atoms with E-state index in [-0.39, 0.29) is 5.91 Å². The maximum Gasteiger partial charge on any atom is 0.277 e. The van der Waals surface area contributed by atoms with Crippen molar-refractivity contribution < 1.29 is 18.1 Å². The van der Waals surface area contributed by atoms with Gasteiger partial charge in [0.15, 0.2) is 6.54 Å². The number of hydrogen-bond donors (Lipinski definition) is 1. The van der Waals surface area contributed by atoms with Crippen LogP contribution in [0.25, 0.3) is 0 Å². The Morgan fingerprint density at radius 1 is 1.00 bits per heavy atom. The summed E-state index contributed by atoms with van der Waals surface area (Å²) in [6.45, 7) is 8.14. The van der Waals surface area contributed by atoms with Gasteiger partial charge in [-0.2, -0.15) is 4.31 Å². The van der Waals surface area contributed by atoms with Crippen LogP contribution in [0.4, 0.5) is 0 Å². The Kier molecular flexibility index (Phi) is 6.55. The molecule has 0 unspecified atom stereocenters. The summed E-state index contributed by atoms with van der Waals surface area (Å²) < 4.78 is 27.5. The first kappa shape index (κ1) is 20.3. The molecule has 6 nitrogen and oxygen atoms in total. The van der Waals surface area contributed by atoms with Crippen molar-refractivity contribution in [1.29, 1.82) is 0 Å². The van der Waals surface area contributed by atoms with Gasteiger partial charge in [0.1, 0.15) is 0 Å². The molecule has 0 aromatic heterocycles. The van der Waals surface area contributed by atoms with E-state index < -0.39 is 10.0 Å². The largest absolute Gasteiger partial charge is 0.335 e. The number of nitrogens with one attached hydrogen (secondary N) is 1. The molecule has 1 aromatic rings. The van der Waals surface area contributed by atoms with Crippen molar-refractivity contribution in [3.8, 4) is 0 Å². The fourth-order valence-electron chi connectivity index (χ4n) is 4.03. The number of nitrogens with zero attached hydrogens (tertiary/aromatic N) is 2.